The van der Waals surface area contributed by atoms with Crippen LogP contribution in [0.5, 0.6) is 0 Å². The summed E-state index contributed by atoms with van der Waals surface area (Å²) in [5.41, 5.74) is 0.311. The molecule has 2 aliphatic rings. The van der Waals surface area contributed by atoms with Gasteiger partial charge in [-0.2, -0.15) is 0 Å². The van der Waals surface area contributed by atoms with Crippen molar-refractivity contribution in [3.05, 3.63) is 0 Å². The molecule has 0 radical (unpaired) electrons. The van der Waals surface area contributed by atoms with Gasteiger partial charge in [-0.15, -0.1) is 0 Å². The van der Waals surface area contributed by atoms with Crippen molar-refractivity contribution in [3.63, 3.8) is 0 Å². The summed E-state index contributed by atoms with van der Waals surface area (Å²) >= 11 is 0. The van der Waals surface area contributed by atoms with Crippen LogP contribution in [0.4, 0.5) is 0 Å². The van der Waals surface area contributed by atoms with E-state index in [0.29, 0.717) is 24.4 Å². The normalized spacial score (nSPS) is 23.9. The van der Waals surface area contributed by atoms with E-state index in [0.717, 1.165) is 32.2 Å². The predicted molar refractivity (Wildman–Crippen MR) is 88.4 cm³/mol. The fraction of sp³-hybridized carbons (Fsp3) is 0.889. The molecule has 126 valence electrons. The molecule has 0 aromatic carbocycles. The van der Waals surface area contributed by atoms with Crippen LogP contribution in [0.3, 0.4) is 0 Å². The third kappa shape index (κ3) is 4.99. The van der Waals surface area contributed by atoms with Crippen molar-refractivity contribution >= 4 is 11.8 Å². The monoisotopic (exact) mass is 308 g/mol. The molecule has 1 N–H and O–H groups in total. The minimum atomic E-state index is -0.135. The van der Waals surface area contributed by atoms with Crippen molar-refractivity contribution in [2.75, 3.05) is 13.1 Å². The molecule has 0 spiro atoms. The van der Waals surface area contributed by atoms with E-state index in [-0.39, 0.29) is 17.7 Å². The third-order valence-electron chi connectivity index (χ3n) is 4.95. The summed E-state index contributed by atoms with van der Waals surface area (Å²) in [6, 6.07) is 0.389. The first-order valence-corrected chi connectivity index (χ1v) is 8.94. The molecule has 4 heteroatoms. The average molecular weight is 308 g/mol. The minimum Gasteiger partial charge on any atom is -0.356 e. The van der Waals surface area contributed by atoms with E-state index in [2.05, 4.69) is 26.1 Å². The number of hydrogen-bond donors (Lipinski definition) is 1. The highest BCUT2D eigenvalue weighted by atomic mass is 16.2. The Bertz CT molecular complexity index is 394. The summed E-state index contributed by atoms with van der Waals surface area (Å²) in [6.07, 6.45) is 8.47. The van der Waals surface area contributed by atoms with Crippen molar-refractivity contribution in [2.24, 2.45) is 11.3 Å². The number of amides is 2. The zero-order valence-corrected chi connectivity index (χ0v) is 14.5. The first kappa shape index (κ1) is 17.3. The van der Waals surface area contributed by atoms with Crippen molar-refractivity contribution < 1.29 is 9.59 Å². The highest BCUT2D eigenvalue weighted by Gasteiger charge is 2.37. The highest BCUT2D eigenvalue weighted by molar-refractivity contribution is 5.89. The smallest absolute Gasteiger partial charge is 0.225 e. The van der Waals surface area contributed by atoms with Gasteiger partial charge in [0.2, 0.25) is 11.8 Å². The summed E-state index contributed by atoms with van der Waals surface area (Å²) in [6.45, 7) is 8.00. The molecule has 0 aromatic rings. The molecule has 1 aliphatic carbocycles. The van der Waals surface area contributed by atoms with Gasteiger partial charge in [-0.25, -0.2) is 0 Å². The number of rotatable bonds is 5. The predicted octanol–water partition coefficient (Wildman–Crippen LogP) is 3.11. The zero-order valence-electron chi connectivity index (χ0n) is 14.5. The Morgan fingerprint density at radius 1 is 1.23 bits per heavy atom. The van der Waals surface area contributed by atoms with Crippen LogP contribution in [0.1, 0.15) is 72.1 Å². The maximum absolute atomic E-state index is 12.3. The van der Waals surface area contributed by atoms with Crippen LogP contribution in [-0.2, 0) is 9.59 Å². The average Bonchev–Trinajstić information content (AvgIpc) is 2.85. The Labute approximate surface area is 135 Å². The van der Waals surface area contributed by atoms with E-state index in [1.807, 2.05) is 4.90 Å². The maximum Gasteiger partial charge on any atom is 0.225 e. The molecule has 0 bridgehead atoms. The molecule has 1 saturated carbocycles. The van der Waals surface area contributed by atoms with E-state index < -0.39 is 0 Å². The molecule has 4 nitrogen and oxygen atoms in total. The minimum absolute atomic E-state index is 0.0700. The summed E-state index contributed by atoms with van der Waals surface area (Å²) in [7, 11) is 0. The van der Waals surface area contributed by atoms with Gasteiger partial charge in [0.05, 0.1) is 5.92 Å². The fourth-order valence-electron chi connectivity index (χ4n) is 3.63. The van der Waals surface area contributed by atoms with E-state index >= 15 is 0 Å². The quantitative estimate of drug-likeness (QED) is 0.793. The van der Waals surface area contributed by atoms with Crippen molar-refractivity contribution in [2.45, 2.75) is 78.2 Å². The SMILES string of the molecule is CC(C)(C)CCCNC(=O)C1CC(=O)N(C2CCCCC2)C1. The Kier molecular flexibility index (Phi) is 5.87. The second-order valence-corrected chi connectivity index (χ2v) is 8.19. The lowest BCUT2D eigenvalue weighted by Gasteiger charge is -2.31. The van der Waals surface area contributed by atoms with Gasteiger partial charge in [0, 0.05) is 25.6 Å². The molecule has 1 aliphatic heterocycles. The van der Waals surface area contributed by atoms with Gasteiger partial charge in [-0.1, -0.05) is 40.0 Å². The lowest BCUT2D eigenvalue weighted by molar-refractivity contribution is -0.130. The number of likely N-dealkylation sites (tertiary alicyclic amines) is 1. The molecule has 1 saturated heterocycles. The third-order valence-corrected chi connectivity index (χ3v) is 4.95. The lowest BCUT2D eigenvalue weighted by atomic mass is 9.90. The van der Waals surface area contributed by atoms with Gasteiger partial charge >= 0.3 is 0 Å². The summed E-state index contributed by atoms with van der Waals surface area (Å²) < 4.78 is 0. The Morgan fingerprint density at radius 3 is 2.55 bits per heavy atom. The Morgan fingerprint density at radius 2 is 1.91 bits per heavy atom. The Hall–Kier alpha value is -1.06. The second-order valence-electron chi connectivity index (χ2n) is 8.19. The summed E-state index contributed by atoms with van der Waals surface area (Å²) in [4.78, 5) is 26.4. The van der Waals surface area contributed by atoms with Gasteiger partial charge in [0.15, 0.2) is 0 Å². The molecule has 22 heavy (non-hydrogen) atoms. The van der Waals surface area contributed by atoms with Crippen LogP contribution >= 0.6 is 0 Å². The van der Waals surface area contributed by atoms with Crippen LogP contribution in [0.15, 0.2) is 0 Å². The molecular weight excluding hydrogens is 276 g/mol. The van der Waals surface area contributed by atoms with E-state index in [4.69, 9.17) is 0 Å². The number of carbonyl (C=O) groups is 2. The van der Waals surface area contributed by atoms with Crippen LogP contribution in [0.2, 0.25) is 0 Å². The van der Waals surface area contributed by atoms with Gasteiger partial charge in [0.1, 0.15) is 0 Å². The van der Waals surface area contributed by atoms with Gasteiger partial charge in [0.25, 0.3) is 0 Å². The van der Waals surface area contributed by atoms with E-state index in [1.54, 1.807) is 0 Å². The number of carbonyl (C=O) groups excluding carboxylic acids is 2. The first-order valence-electron chi connectivity index (χ1n) is 8.94. The second kappa shape index (κ2) is 7.47. The van der Waals surface area contributed by atoms with Crippen LogP contribution in [0.25, 0.3) is 0 Å². The van der Waals surface area contributed by atoms with Gasteiger partial charge in [-0.05, 0) is 31.1 Å². The van der Waals surface area contributed by atoms with E-state index in [1.165, 1.54) is 19.3 Å². The molecule has 2 fully saturated rings. The molecule has 2 rings (SSSR count). The van der Waals surface area contributed by atoms with Crippen LogP contribution in [0, 0.1) is 11.3 Å². The highest BCUT2D eigenvalue weighted by Crippen LogP contribution is 2.28. The van der Waals surface area contributed by atoms with Gasteiger partial charge in [-0.3, -0.25) is 9.59 Å². The van der Waals surface area contributed by atoms with Crippen molar-refractivity contribution in [3.8, 4) is 0 Å². The molecule has 1 heterocycles. The van der Waals surface area contributed by atoms with Crippen LogP contribution in [-0.4, -0.2) is 35.8 Å². The first-order chi connectivity index (χ1) is 10.4. The molecule has 2 amide bonds. The van der Waals surface area contributed by atoms with Crippen molar-refractivity contribution in [1.82, 2.24) is 10.2 Å². The standard InChI is InChI=1S/C18H32N2O2/c1-18(2,3)10-7-11-19-17(22)14-12-16(21)20(13-14)15-8-5-4-6-9-15/h14-15H,4-13H2,1-3H3,(H,19,22). The molecule has 1 unspecified atom stereocenters. The van der Waals surface area contributed by atoms with E-state index in [9.17, 15) is 9.59 Å². The number of nitrogens with one attached hydrogen (secondary N) is 1. The zero-order chi connectivity index (χ0) is 16.2. The van der Waals surface area contributed by atoms with Gasteiger partial charge < -0.3 is 10.2 Å². The topological polar surface area (TPSA) is 49.4 Å². The van der Waals surface area contributed by atoms with Crippen LogP contribution < -0.4 is 5.32 Å². The fourth-order valence-corrected chi connectivity index (χ4v) is 3.63. The summed E-state index contributed by atoms with van der Waals surface area (Å²) in [5.74, 6) is 0.117. The largest absolute Gasteiger partial charge is 0.356 e. The lowest BCUT2D eigenvalue weighted by Crippen LogP contribution is -2.39. The van der Waals surface area contributed by atoms with Crippen molar-refractivity contribution in [1.29, 1.82) is 0 Å². The number of hydrogen-bond acceptors (Lipinski definition) is 2. The summed E-state index contributed by atoms with van der Waals surface area (Å²) in [5, 5.41) is 3.02. The Balaban J connectivity index is 1.74. The molecule has 1 atom stereocenters. The molecular formula is C18H32N2O2. The maximum atomic E-state index is 12.3. The number of nitrogens with zero attached hydrogens (tertiary/aromatic N) is 1. The molecule has 0 aromatic heterocycles.